The Morgan fingerprint density at radius 2 is 1.94 bits per heavy atom. The number of benzene rings is 1. The molecule has 1 aromatic heterocycles. The second-order valence-corrected chi connectivity index (χ2v) is 9.76. The Bertz CT molecular complexity index is 1010. The first-order chi connectivity index (χ1) is 14.8. The van der Waals surface area contributed by atoms with Crippen LogP contribution in [0.2, 0.25) is 0 Å². The molecule has 1 fully saturated rings. The number of aryl methyl sites for hydroxylation is 1. The zero-order valence-electron chi connectivity index (χ0n) is 18.0. The van der Waals surface area contributed by atoms with Crippen LogP contribution in [0.1, 0.15) is 18.5 Å². The van der Waals surface area contributed by atoms with Crippen LogP contribution in [0.5, 0.6) is 11.5 Å². The van der Waals surface area contributed by atoms with Gasteiger partial charge >= 0.3 is 0 Å². The lowest BCUT2D eigenvalue weighted by atomic mass is 10.3. The quantitative estimate of drug-likeness (QED) is 0.631. The molecule has 1 N–H and O–H groups in total. The van der Waals surface area contributed by atoms with Crippen molar-refractivity contribution in [2.45, 2.75) is 24.7 Å². The van der Waals surface area contributed by atoms with Crippen molar-refractivity contribution < 1.29 is 22.7 Å². The van der Waals surface area contributed by atoms with Gasteiger partial charge in [-0.15, -0.1) is 11.3 Å². The van der Waals surface area contributed by atoms with E-state index in [0.717, 1.165) is 30.3 Å². The molecule has 170 valence electrons. The lowest BCUT2D eigenvalue weighted by molar-refractivity contribution is -0.130. The number of carbonyl (C=O) groups is 1. The molecule has 2 heterocycles. The number of ether oxygens (including phenoxy) is 2. The van der Waals surface area contributed by atoms with Crippen molar-refractivity contribution in [1.29, 1.82) is 0 Å². The minimum atomic E-state index is -3.77. The summed E-state index contributed by atoms with van der Waals surface area (Å²) in [6.07, 6.45) is 0.949. The Morgan fingerprint density at radius 1 is 1.16 bits per heavy atom. The number of sulfonamides is 1. The molecular formula is C20H28N4O5S2. The topological polar surface area (TPSA) is 101 Å². The number of methoxy groups -OCH3 is 2. The van der Waals surface area contributed by atoms with E-state index in [9.17, 15) is 13.2 Å². The number of thiazole rings is 1. The SMILES string of the molecule is COc1ccc(S(=O)(=O)NCCC(=O)N2CCCN(c3nc(C)cs3)CC2)cc1OC. The van der Waals surface area contributed by atoms with Gasteiger partial charge in [0.2, 0.25) is 15.9 Å². The van der Waals surface area contributed by atoms with Crippen molar-refractivity contribution in [1.82, 2.24) is 14.6 Å². The molecule has 1 aromatic carbocycles. The molecular weight excluding hydrogens is 440 g/mol. The molecule has 1 amide bonds. The molecule has 0 aliphatic carbocycles. The summed E-state index contributed by atoms with van der Waals surface area (Å²) >= 11 is 1.61. The van der Waals surface area contributed by atoms with Crippen molar-refractivity contribution >= 4 is 32.4 Å². The second kappa shape index (κ2) is 10.3. The third kappa shape index (κ3) is 5.86. The van der Waals surface area contributed by atoms with Crippen molar-refractivity contribution in [2.24, 2.45) is 0 Å². The van der Waals surface area contributed by atoms with E-state index in [1.807, 2.05) is 12.3 Å². The highest BCUT2D eigenvalue weighted by atomic mass is 32.2. The first kappa shape index (κ1) is 23.3. The molecule has 0 radical (unpaired) electrons. The predicted octanol–water partition coefficient (Wildman–Crippen LogP) is 1.88. The zero-order valence-corrected chi connectivity index (χ0v) is 19.6. The molecule has 0 unspecified atom stereocenters. The Morgan fingerprint density at radius 3 is 2.61 bits per heavy atom. The van der Waals surface area contributed by atoms with Gasteiger partial charge in [0.05, 0.1) is 24.8 Å². The zero-order chi connectivity index (χ0) is 22.4. The first-order valence-electron chi connectivity index (χ1n) is 10.0. The number of hydrogen-bond donors (Lipinski definition) is 1. The highest BCUT2D eigenvalue weighted by Gasteiger charge is 2.22. The van der Waals surface area contributed by atoms with Gasteiger partial charge in [-0.3, -0.25) is 4.79 Å². The van der Waals surface area contributed by atoms with E-state index in [-0.39, 0.29) is 23.8 Å². The highest BCUT2D eigenvalue weighted by Crippen LogP contribution is 2.29. The van der Waals surface area contributed by atoms with Gasteiger partial charge in [-0.25, -0.2) is 18.1 Å². The number of rotatable bonds is 8. The lowest BCUT2D eigenvalue weighted by Crippen LogP contribution is -2.37. The molecule has 9 nitrogen and oxygen atoms in total. The third-order valence-corrected chi connectivity index (χ3v) is 7.50. The number of amides is 1. The number of nitrogens with one attached hydrogen (secondary N) is 1. The maximum atomic E-state index is 12.6. The maximum Gasteiger partial charge on any atom is 0.240 e. The van der Waals surface area contributed by atoms with Gasteiger partial charge in [0.25, 0.3) is 0 Å². The van der Waals surface area contributed by atoms with Gasteiger partial charge in [0, 0.05) is 50.6 Å². The fraction of sp³-hybridized carbons (Fsp3) is 0.500. The smallest absolute Gasteiger partial charge is 0.240 e. The molecule has 1 saturated heterocycles. The minimum absolute atomic E-state index is 0.0292. The van der Waals surface area contributed by atoms with E-state index in [2.05, 4.69) is 14.6 Å². The van der Waals surface area contributed by atoms with Gasteiger partial charge in [-0.05, 0) is 25.5 Å². The summed E-state index contributed by atoms with van der Waals surface area (Å²) in [6.45, 7) is 4.82. The average molecular weight is 469 g/mol. The molecule has 3 rings (SSSR count). The molecule has 0 spiro atoms. The van der Waals surface area contributed by atoms with E-state index < -0.39 is 10.0 Å². The van der Waals surface area contributed by atoms with E-state index in [4.69, 9.17) is 9.47 Å². The van der Waals surface area contributed by atoms with E-state index in [1.165, 1.54) is 32.4 Å². The van der Waals surface area contributed by atoms with Crippen molar-refractivity contribution in [2.75, 3.05) is 51.8 Å². The van der Waals surface area contributed by atoms with Crippen LogP contribution in [0.25, 0.3) is 0 Å². The normalized spacial score (nSPS) is 14.9. The van der Waals surface area contributed by atoms with Crippen molar-refractivity contribution in [3.05, 3.63) is 29.3 Å². The summed E-state index contributed by atoms with van der Waals surface area (Å²) in [5.41, 5.74) is 0.999. The van der Waals surface area contributed by atoms with Gasteiger partial charge in [0.1, 0.15) is 0 Å². The summed E-state index contributed by atoms with van der Waals surface area (Å²) in [5, 5.41) is 3.00. The molecule has 11 heteroatoms. The summed E-state index contributed by atoms with van der Waals surface area (Å²) in [5.74, 6) is 0.706. The number of nitrogens with zero attached hydrogens (tertiary/aromatic N) is 3. The molecule has 0 atom stereocenters. The minimum Gasteiger partial charge on any atom is -0.493 e. The molecule has 31 heavy (non-hydrogen) atoms. The van der Waals surface area contributed by atoms with Gasteiger partial charge in [-0.2, -0.15) is 0 Å². The largest absolute Gasteiger partial charge is 0.493 e. The Balaban J connectivity index is 1.52. The standard InChI is InChI=1S/C20H28N4O5S2/c1-15-14-30-20(22-15)24-10-4-9-23(11-12-24)19(25)7-8-21-31(26,27)16-5-6-17(28-2)18(13-16)29-3/h5-6,13-14,21H,4,7-12H2,1-3H3. The number of carbonyl (C=O) groups excluding carboxylic acids is 1. The van der Waals surface area contributed by atoms with Crippen LogP contribution >= 0.6 is 11.3 Å². The number of aromatic nitrogens is 1. The van der Waals surface area contributed by atoms with Crippen LogP contribution < -0.4 is 19.1 Å². The monoisotopic (exact) mass is 468 g/mol. The van der Waals surface area contributed by atoms with Crippen LogP contribution in [0.15, 0.2) is 28.5 Å². The molecule has 2 aromatic rings. The number of anilines is 1. The third-order valence-electron chi connectivity index (χ3n) is 5.02. The summed E-state index contributed by atoms with van der Waals surface area (Å²) in [6, 6.07) is 4.37. The molecule has 1 aliphatic heterocycles. The second-order valence-electron chi connectivity index (χ2n) is 7.16. The Kier molecular flexibility index (Phi) is 7.74. The van der Waals surface area contributed by atoms with Crippen molar-refractivity contribution in [3.63, 3.8) is 0 Å². The fourth-order valence-corrected chi connectivity index (χ4v) is 5.27. The van der Waals surface area contributed by atoms with Gasteiger partial charge < -0.3 is 19.3 Å². The van der Waals surface area contributed by atoms with E-state index >= 15 is 0 Å². The highest BCUT2D eigenvalue weighted by molar-refractivity contribution is 7.89. The Hall–Kier alpha value is -2.37. The first-order valence-corrected chi connectivity index (χ1v) is 12.4. The van der Waals surface area contributed by atoms with Gasteiger partial charge in [0.15, 0.2) is 16.6 Å². The molecule has 0 bridgehead atoms. The average Bonchev–Trinajstić information content (AvgIpc) is 3.04. The lowest BCUT2D eigenvalue weighted by Gasteiger charge is -2.22. The van der Waals surface area contributed by atoms with E-state index in [1.54, 1.807) is 16.2 Å². The van der Waals surface area contributed by atoms with Crippen LogP contribution in [0, 0.1) is 6.92 Å². The summed E-state index contributed by atoms with van der Waals surface area (Å²) in [7, 11) is -0.840. The summed E-state index contributed by atoms with van der Waals surface area (Å²) in [4.78, 5) is 21.2. The van der Waals surface area contributed by atoms with Crippen LogP contribution in [-0.2, 0) is 14.8 Å². The fourth-order valence-electron chi connectivity index (χ4n) is 3.36. The number of hydrogen-bond acceptors (Lipinski definition) is 8. The maximum absolute atomic E-state index is 12.6. The summed E-state index contributed by atoms with van der Waals surface area (Å²) < 4.78 is 37.9. The van der Waals surface area contributed by atoms with Crippen LogP contribution in [-0.4, -0.2) is 71.2 Å². The van der Waals surface area contributed by atoms with Crippen molar-refractivity contribution in [3.8, 4) is 11.5 Å². The van der Waals surface area contributed by atoms with Crippen LogP contribution in [0.3, 0.4) is 0 Å². The predicted molar refractivity (Wildman–Crippen MR) is 120 cm³/mol. The molecule has 1 aliphatic rings. The molecule has 0 saturated carbocycles. The van der Waals surface area contributed by atoms with Gasteiger partial charge in [-0.1, -0.05) is 0 Å². The van der Waals surface area contributed by atoms with E-state index in [0.29, 0.717) is 24.6 Å². The Labute approximate surface area is 187 Å². The van der Waals surface area contributed by atoms with Crippen LogP contribution in [0.4, 0.5) is 5.13 Å².